The molecule has 0 saturated heterocycles. The van der Waals surface area contributed by atoms with Gasteiger partial charge in [0, 0.05) is 6.04 Å². The summed E-state index contributed by atoms with van der Waals surface area (Å²) in [6.07, 6.45) is 3.30. The third kappa shape index (κ3) is 2.18. The van der Waals surface area contributed by atoms with E-state index in [1.807, 2.05) is 12.1 Å². The summed E-state index contributed by atoms with van der Waals surface area (Å²) in [6, 6.07) is 7.78. The fourth-order valence-corrected chi connectivity index (χ4v) is 3.22. The topological polar surface area (TPSA) is 12.0 Å². The quantitative estimate of drug-likeness (QED) is 0.828. The zero-order valence-corrected chi connectivity index (χ0v) is 11.7. The minimum Gasteiger partial charge on any atom is -0.313 e. The third-order valence-electron chi connectivity index (χ3n) is 4.75. The van der Waals surface area contributed by atoms with Crippen LogP contribution in [0.3, 0.4) is 0 Å². The first-order valence-corrected chi connectivity index (χ1v) is 7.11. The summed E-state index contributed by atoms with van der Waals surface area (Å²) in [5, 5.41) is 3.61. The van der Waals surface area contributed by atoms with Crippen LogP contribution in [0.2, 0.25) is 0 Å². The predicted molar refractivity (Wildman–Crippen MR) is 74.2 cm³/mol. The average molecular weight is 249 g/mol. The first-order valence-electron chi connectivity index (χ1n) is 7.11. The number of rotatable bonds is 5. The van der Waals surface area contributed by atoms with Crippen LogP contribution in [0.4, 0.5) is 4.39 Å². The molecular formula is C16H24FN. The van der Waals surface area contributed by atoms with E-state index in [0.717, 1.165) is 31.4 Å². The van der Waals surface area contributed by atoms with Gasteiger partial charge >= 0.3 is 0 Å². The zero-order valence-electron chi connectivity index (χ0n) is 11.7. The SMILES string of the molecule is CCCNC1CC(c2ccccc2F)C1(C)CC. The molecule has 3 atom stereocenters. The predicted octanol–water partition coefficient (Wildman–Crippen LogP) is 4.10. The van der Waals surface area contributed by atoms with E-state index in [0.29, 0.717) is 12.0 Å². The highest BCUT2D eigenvalue weighted by atomic mass is 19.1. The van der Waals surface area contributed by atoms with Gasteiger partial charge in [0.25, 0.3) is 0 Å². The van der Waals surface area contributed by atoms with Crippen LogP contribution in [-0.4, -0.2) is 12.6 Å². The minimum absolute atomic E-state index is 0.0453. The molecule has 0 spiro atoms. The summed E-state index contributed by atoms with van der Waals surface area (Å²) >= 11 is 0. The fourth-order valence-electron chi connectivity index (χ4n) is 3.22. The summed E-state index contributed by atoms with van der Waals surface area (Å²) in [4.78, 5) is 0. The van der Waals surface area contributed by atoms with Crippen molar-refractivity contribution in [2.45, 2.75) is 52.0 Å². The Morgan fingerprint density at radius 2 is 2.06 bits per heavy atom. The van der Waals surface area contributed by atoms with Crippen molar-refractivity contribution in [3.8, 4) is 0 Å². The van der Waals surface area contributed by atoms with E-state index >= 15 is 0 Å². The lowest BCUT2D eigenvalue weighted by molar-refractivity contribution is 0.0425. The van der Waals surface area contributed by atoms with Crippen molar-refractivity contribution in [1.29, 1.82) is 0 Å². The molecule has 0 amide bonds. The number of hydrogen-bond donors (Lipinski definition) is 1. The monoisotopic (exact) mass is 249 g/mol. The molecule has 2 heteroatoms. The molecule has 0 heterocycles. The second-order valence-electron chi connectivity index (χ2n) is 5.68. The Morgan fingerprint density at radius 3 is 2.67 bits per heavy atom. The van der Waals surface area contributed by atoms with Crippen molar-refractivity contribution in [2.24, 2.45) is 5.41 Å². The maximum absolute atomic E-state index is 13.9. The average Bonchev–Trinajstić information content (AvgIpc) is 2.38. The van der Waals surface area contributed by atoms with Crippen LogP contribution in [0, 0.1) is 11.2 Å². The van der Waals surface area contributed by atoms with Crippen LogP contribution in [0.15, 0.2) is 24.3 Å². The third-order valence-corrected chi connectivity index (χ3v) is 4.75. The molecule has 100 valence electrons. The highest BCUT2D eigenvalue weighted by Gasteiger charge is 2.50. The lowest BCUT2D eigenvalue weighted by Gasteiger charge is -2.55. The molecular weight excluding hydrogens is 225 g/mol. The number of halogens is 1. The summed E-state index contributed by atoms with van der Waals surface area (Å²) in [6.45, 7) is 7.75. The van der Waals surface area contributed by atoms with Crippen molar-refractivity contribution < 1.29 is 4.39 Å². The summed E-state index contributed by atoms with van der Waals surface area (Å²) in [7, 11) is 0. The van der Waals surface area contributed by atoms with Crippen molar-refractivity contribution in [2.75, 3.05) is 6.54 Å². The summed E-state index contributed by atoms with van der Waals surface area (Å²) < 4.78 is 13.9. The van der Waals surface area contributed by atoms with Gasteiger partial charge in [0.15, 0.2) is 0 Å². The van der Waals surface area contributed by atoms with Crippen molar-refractivity contribution >= 4 is 0 Å². The molecule has 0 radical (unpaired) electrons. The van der Waals surface area contributed by atoms with E-state index in [-0.39, 0.29) is 11.2 Å². The number of benzene rings is 1. The molecule has 2 rings (SSSR count). The Hall–Kier alpha value is -0.890. The van der Waals surface area contributed by atoms with E-state index in [9.17, 15) is 4.39 Å². The number of nitrogens with one attached hydrogen (secondary N) is 1. The highest BCUT2D eigenvalue weighted by Crippen LogP contribution is 2.55. The largest absolute Gasteiger partial charge is 0.313 e. The Morgan fingerprint density at radius 1 is 1.33 bits per heavy atom. The van der Waals surface area contributed by atoms with Crippen LogP contribution in [0.25, 0.3) is 0 Å². The number of hydrogen-bond acceptors (Lipinski definition) is 1. The second-order valence-corrected chi connectivity index (χ2v) is 5.68. The Balaban J connectivity index is 2.15. The van der Waals surface area contributed by atoms with E-state index in [2.05, 4.69) is 26.1 Å². The van der Waals surface area contributed by atoms with Crippen LogP contribution in [0.1, 0.15) is 51.5 Å². The standard InChI is InChI=1S/C16H24FN/c1-4-10-18-15-11-13(16(15,3)5-2)12-8-6-7-9-14(12)17/h6-9,13,15,18H,4-5,10-11H2,1-3H3. The molecule has 18 heavy (non-hydrogen) atoms. The van der Waals surface area contributed by atoms with Gasteiger partial charge in [0.1, 0.15) is 5.82 Å². The van der Waals surface area contributed by atoms with Crippen molar-refractivity contribution in [3.63, 3.8) is 0 Å². The lowest BCUT2D eigenvalue weighted by Crippen LogP contribution is -2.57. The molecule has 0 bridgehead atoms. The van der Waals surface area contributed by atoms with Crippen LogP contribution < -0.4 is 5.32 Å². The fraction of sp³-hybridized carbons (Fsp3) is 0.625. The first kappa shape index (κ1) is 13.5. The van der Waals surface area contributed by atoms with Crippen LogP contribution >= 0.6 is 0 Å². The zero-order chi connectivity index (χ0) is 13.2. The normalized spacial score (nSPS) is 31.1. The Labute approximate surface area is 110 Å². The van der Waals surface area contributed by atoms with Gasteiger partial charge in [-0.15, -0.1) is 0 Å². The molecule has 1 saturated carbocycles. The molecule has 1 N–H and O–H groups in total. The molecule has 1 fully saturated rings. The van der Waals surface area contributed by atoms with Gasteiger partial charge < -0.3 is 5.32 Å². The molecule has 1 aromatic rings. The maximum atomic E-state index is 13.9. The molecule has 1 nitrogen and oxygen atoms in total. The highest BCUT2D eigenvalue weighted by molar-refractivity contribution is 5.29. The van der Waals surface area contributed by atoms with E-state index < -0.39 is 0 Å². The van der Waals surface area contributed by atoms with Crippen LogP contribution in [-0.2, 0) is 0 Å². The first-order chi connectivity index (χ1) is 8.63. The Kier molecular flexibility index (Phi) is 4.06. The molecule has 3 unspecified atom stereocenters. The van der Waals surface area contributed by atoms with Crippen molar-refractivity contribution in [3.05, 3.63) is 35.6 Å². The molecule has 0 aromatic heterocycles. The van der Waals surface area contributed by atoms with Gasteiger partial charge in [-0.2, -0.15) is 0 Å². The van der Waals surface area contributed by atoms with E-state index in [4.69, 9.17) is 0 Å². The lowest BCUT2D eigenvalue weighted by atomic mass is 9.54. The van der Waals surface area contributed by atoms with Gasteiger partial charge in [-0.1, -0.05) is 39.0 Å². The van der Waals surface area contributed by atoms with Gasteiger partial charge in [0.2, 0.25) is 0 Å². The van der Waals surface area contributed by atoms with Gasteiger partial charge in [-0.25, -0.2) is 4.39 Å². The van der Waals surface area contributed by atoms with E-state index in [1.165, 1.54) is 0 Å². The molecule has 1 aliphatic carbocycles. The van der Waals surface area contributed by atoms with Crippen molar-refractivity contribution in [1.82, 2.24) is 5.32 Å². The second kappa shape index (κ2) is 5.40. The Bertz CT molecular complexity index is 404. The minimum atomic E-state index is -0.0453. The molecule has 0 aliphatic heterocycles. The van der Waals surface area contributed by atoms with E-state index in [1.54, 1.807) is 12.1 Å². The smallest absolute Gasteiger partial charge is 0.126 e. The molecule has 1 aliphatic rings. The van der Waals surface area contributed by atoms with Crippen LogP contribution in [0.5, 0.6) is 0 Å². The molecule has 1 aromatic carbocycles. The van der Waals surface area contributed by atoms with Gasteiger partial charge in [-0.3, -0.25) is 0 Å². The summed E-state index contributed by atoms with van der Waals surface area (Å²) in [5.74, 6) is 0.314. The van der Waals surface area contributed by atoms with Gasteiger partial charge in [-0.05, 0) is 48.8 Å². The maximum Gasteiger partial charge on any atom is 0.126 e. The summed E-state index contributed by atoms with van der Waals surface area (Å²) in [5.41, 5.74) is 1.09. The van der Waals surface area contributed by atoms with Gasteiger partial charge in [0.05, 0.1) is 0 Å².